The Hall–Kier alpha value is -4.35. The monoisotopic (exact) mass is 564 g/mol. The van der Waals surface area contributed by atoms with E-state index in [4.69, 9.17) is 9.47 Å². The standard InChI is InChI=1S/C28H24N2O7S2/c1-36-22-9-5-20(6-10-22)29-38(32,33)24-13-3-18-15-19-4-14-25(17-27(19)28(31)26(18)16-24)39(34,35)30-21-7-11-23(37-2)12-8-21/h3-14,16-17,29-30H,15H2,1-2H3. The first-order valence-corrected chi connectivity index (χ1v) is 14.7. The van der Waals surface area contributed by atoms with Gasteiger partial charge in [0.15, 0.2) is 5.78 Å². The third kappa shape index (κ3) is 5.31. The number of carbonyl (C=O) groups is 1. The second-order valence-electron chi connectivity index (χ2n) is 8.81. The third-order valence-corrected chi connectivity index (χ3v) is 9.10. The number of sulfonamides is 2. The number of methoxy groups -OCH3 is 2. The van der Waals surface area contributed by atoms with Crippen molar-refractivity contribution in [3.63, 3.8) is 0 Å². The van der Waals surface area contributed by atoms with Gasteiger partial charge in [-0.1, -0.05) is 12.1 Å². The minimum absolute atomic E-state index is 0.0844. The van der Waals surface area contributed by atoms with E-state index in [2.05, 4.69) is 9.44 Å². The zero-order valence-corrected chi connectivity index (χ0v) is 22.6. The van der Waals surface area contributed by atoms with E-state index in [0.29, 0.717) is 40.4 Å². The van der Waals surface area contributed by atoms with Gasteiger partial charge in [-0.3, -0.25) is 14.2 Å². The van der Waals surface area contributed by atoms with E-state index in [1.165, 1.54) is 38.5 Å². The minimum atomic E-state index is -4.00. The lowest BCUT2D eigenvalue weighted by atomic mass is 9.85. The first-order valence-electron chi connectivity index (χ1n) is 11.7. The van der Waals surface area contributed by atoms with E-state index < -0.39 is 25.8 Å². The molecule has 200 valence electrons. The lowest BCUT2D eigenvalue weighted by molar-refractivity contribution is 0.103. The van der Waals surface area contributed by atoms with Crippen LogP contribution in [0.1, 0.15) is 27.0 Å². The van der Waals surface area contributed by atoms with Crippen LogP contribution >= 0.6 is 0 Å². The first-order chi connectivity index (χ1) is 18.6. The molecule has 4 aromatic rings. The Balaban J connectivity index is 1.42. The first kappa shape index (κ1) is 26.3. The number of fused-ring (bicyclic) bond motifs is 2. The quantitative estimate of drug-likeness (QED) is 0.285. The molecule has 1 aliphatic rings. The second-order valence-corrected chi connectivity index (χ2v) is 12.2. The van der Waals surface area contributed by atoms with Crippen molar-refractivity contribution in [1.82, 2.24) is 0 Å². The molecule has 5 rings (SSSR count). The highest BCUT2D eigenvalue weighted by Gasteiger charge is 2.28. The Labute approximate surface area is 226 Å². The van der Waals surface area contributed by atoms with Gasteiger partial charge in [-0.15, -0.1) is 0 Å². The summed E-state index contributed by atoms with van der Waals surface area (Å²) in [5, 5.41) is 0. The number of anilines is 2. The molecule has 9 nitrogen and oxygen atoms in total. The van der Waals surface area contributed by atoms with Gasteiger partial charge >= 0.3 is 0 Å². The Morgan fingerprint density at radius 1 is 0.590 bits per heavy atom. The lowest BCUT2D eigenvalue weighted by Gasteiger charge is -2.20. The maximum Gasteiger partial charge on any atom is 0.261 e. The fourth-order valence-corrected chi connectivity index (χ4v) is 6.44. The zero-order valence-electron chi connectivity index (χ0n) is 21.0. The summed E-state index contributed by atoms with van der Waals surface area (Å²) in [5.74, 6) is 0.711. The van der Waals surface area contributed by atoms with Crippen LogP contribution < -0.4 is 18.9 Å². The Morgan fingerprint density at radius 3 is 1.33 bits per heavy atom. The maximum absolute atomic E-state index is 13.5. The van der Waals surface area contributed by atoms with Crippen molar-refractivity contribution in [2.24, 2.45) is 0 Å². The van der Waals surface area contributed by atoms with Crippen molar-refractivity contribution < 1.29 is 31.1 Å². The predicted molar refractivity (Wildman–Crippen MR) is 147 cm³/mol. The molecule has 0 aliphatic heterocycles. The summed E-state index contributed by atoms with van der Waals surface area (Å²) in [6, 6.07) is 21.5. The van der Waals surface area contributed by atoms with Gasteiger partial charge < -0.3 is 9.47 Å². The molecule has 1 aliphatic carbocycles. The molecule has 4 aromatic carbocycles. The molecule has 0 radical (unpaired) electrons. The van der Waals surface area contributed by atoms with Crippen molar-refractivity contribution >= 4 is 37.2 Å². The molecule has 0 aromatic heterocycles. The third-order valence-electron chi connectivity index (χ3n) is 6.34. The normalized spacial score (nSPS) is 12.7. The average molecular weight is 565 g/mol. The van der Waals surface area contributed by atoms with E-state index in [1.54, 1.807) is 60.7 Å². The maximum atomic E-state index is 13.5. The molecule has 2 N–H and O–H groups in total. The van der Waals surface area contributed by atoms with Crippen molar-refractivity contribution in [1.29, 1.82) is 0 Å². The summed E-state index contributed by atoms with van der Waals surface area (Å²) >= 11 is 0. The zero-order chi connectivity index (χ0) is 27.8. The van der Waals surface area contributed by atoms with Crippen LogP contribution in [-0.2, 0) is 26.5 Å². The van der Waals surface area contributed by atoms with Gasteiger partial charge in [-0.25, -0.2) is 16.8 Å². The van der Waals surface area contributed by atoms with Crippen LogP contribution in [0.3, 0.4) is 0 Å². The summed E-state index contributed by atoms with van der Waals surface area (Å²) in [7, 11) is -4.97. The summed E-state index contributed by atoms with van der Waals surface area (Å²) in [5.41, 5.74) is 2.40. The van der Waals surface area contributed by atoms with Crippen molar-refractivity contribution in [2.75, 3.05) is 23.7 Å². The van der Waals surface area contributed by atoms with Gasteiger partial charge in [0.25, 0.3) is 20.0 Å². The molecule has 0 atom stereocenters. The molecule has 0 bridgehead atoms. The molecule has 0 saturated carbocycles. The molecular weight excluding hydrogens is 540 g/mol. The number of hydrogen-bond donors (Lipinski definition) is 2. The van der Waals surface area contributed by atoms with Gasteiger partial charge in [0.2, 0.25) is 0 Å². The van der Waals surface area contributed by atoms with Crippen molar-refractivity contribution in [2.45, 2.75) is 16.2 Å². The van der Waals surface area contributed by atoms with Gasteiger partial charge in [0.05, 0.1) is 24.0 Å². The highest BCUT2D eigenvalue weighted by Crippen LogP contribution is 2.32. The summed E-state index contributed by atoms with van der Waals surface area (Å²) in [6.45, 7) is 0. The van der Waals surface area contributed by atoms with E-state index in [-0.39, 0.29) is 20.9 Å². The lowest BCUT2D eigenvalue weighted by Crippen LogP contribution is -2.20. The SMILES string of the molecule is COc1ccc(NS(=O)(=O)c2ccc3c(c2)C(=O)c2cc(S(=O)(=O)Nc4ccc(OC)cc4)ccc2C3)cc1. The van der Waals surface area contributed by atoms with E-state index in [0.717, 1.165) is 0 Å². The predicted octanol–water partition coefficient (Wildman–Crippen LogP) is 4.44. The number of ketones is 1. The molecule has 11 heteroatoms. The van der Waals surface area contributed by atoms with Crippen molar-refractivity contribution in [3.8, 4) is 11.5 Å². The highest BCUT2D eigenvalue weighted by atomic mass is 32.2. The molecule has 39 heavy (non-hydrogen) atoms. The largest absolute Gasteiger partial charge is 0.497 e. The number of rotatable bonds is 8. The molecule has 0 unspecified atom stereocenters. The van der Waals surface area contributed by atoms with Crippen molar-refractivity contribution in [3.05, 3.63) is 107 Å². The van der Waals surface area contributed by atoms with Gasteiger partial charge in [-0.05, 0) is 90.3 Å². The van der Waals surface area contributed by atoms with Gasteiger partial charge in [-0.2, -0.15) is 0 Å². The van der Waals surface area contributed by atoms with Crippen LogP contribution in [0.15, 0.2) is 94.7 Å². The summed E-state index contributed by atoms with van der Waals surface area (Å²) in [4.78, 5) is 13.3. The number of carbonyl (C=O) groups excluding carboxylic acids is 1. The smallest absolute Gasteiger partial charge is 0.261 e. The number of ether oxygens (including phenoxy) is 2. The van der Waals surface area contributed by atoms with Crippen LogP contribution in [0.4, 0.5) is 11.4 Å². The van der Waals surface area contributed by atoms with Gasteiger partial charge in [0, 0.05) is 22.5 Å². The average Bonchev–Trinajstić information content (AvgIpc) is 2.93. The number of nitrogens with one attached hydrogen (secondary N) is 2. The summed E-state index contributed by atoms with van der Waals surface area (Å²) < 4.78 is 67.4. The van der Waals surface area contributed by atoms with E-state index in [9.17, 15) is 21.6 Å². The molecule has 0 spiro atoms. The molecular formula is C28H24N2O7S2. The fourth-order valence-electron chi connectivity index (χ4n) is 4.27. The Kier molecular flexibility index (Phi) is 6.79. The molecule has 0 amide bonds. The highest BCUT2D eigenvalue weighted by molar-refractivity contribution is 7.93. The second kappa shape index (κ2) is 10.1. The van der Waals surface area contributed by atoms with Crippen LogP contribution in [0, 0.1) is 0 Å². The van der Waals surface area contributed by atoms with Crippen LogP contribution in [0.5, 0.6) is 11.5 Å². The van der Waals surface area contributed by atoms with Gasteiger partial charge in [0.1, 0.15) is 11.5 Å². The van der Waals surface area contributed by atoms with Crippen LogP contribution in [-0.4, -0.2) is 36.8 Å². The molecule has 0 heterocycles. The van der Waals surface area contributed by atoms with Crippen LogP contribution in [0.2, 0.25) is 0 Å². The number of hydrogen-bond acceptors (Lipinski definition) is 7. The van der Waals surface area contributed by atoms with Crippen LogP contribution in [0.25, 0.3) is 0 Å². The minimum Gasteiger partial charge on any atom is -0.497 e. The Morgan fingerprint density at radius 2 is 0.974 bits per heavy atom. The Bertz CT molecular complexity index is 1650. The fraction of sp³-hybridized carbons (Fsp3) is 0.107. The van der Waals surface area contributed by atoms with E-state index >= 15 is 0 Å². The topological polar surface area (TPSA) is 128 Å². The number of benzene rings is 4. The summed E-state index contributed by atoms with van der Waals surface area (Å²) in [6.07, 6.45) is 0.356. The molecule has 0 fully saturated rings. The molecule has 0 saturated heterocycles. The van der Waals surface area contributed by atoms with E-state index in [1.807, 2.05) is 0 Å².